The number of aromatic nitrogens is 2. The van der Waals surface area contributed by atoms with Gasteiger partial charge in [-0.2, -0.15) is 0 Å². The Morgan fingerprint density at radius 2 is 2.24 bits per heavy atom. The van der Waals surface area contributed by atoms with Crippen LogP contribution in [0.2, 0.25) is 0 Å². The number of ether oxygens (including phenoxy) is 1. The molecule has 1 aromatic carbocycles. The summed E-state index contributed by atoms with van der Waals surface area (Å²) in [5, 5.41) is 12.2. The molecule has 1 heterocycles. The summed E-state index contributed by atoms with van der Waals surface area (Å²) in [5.41, 5.74) is 0.603. The highest BCUT2D eigenvalue weighted by atomic mass is 32.1. The maximum Gasteiger partial charge on any atom is 0.205 e. The standard InChI is InChI=1S/C11H12FN3OS/c1-7-3-4-8(5-9(7)12)16-6-10-14-15-11(13-2)17-10/h3-5H,6H2,1-2H3,(H,13,15). The van der Waals surface area contributed by atoms with Crippen molar-refractivity contribution in [2.45, 2.75) is 13.5 Å². The van der Waals surface area contributed by atoms with Crippen LogP contribution in [0.4, 0.5) is 9.52 Å². The average Bonchev–Trinajstić information content (AvgIpc) is 2.79. The van der Waals surface area contributed by atoms with Crippen molar-refractivity contribution in [3.63, 3.8) is 0 Å². The molecule has 4 nitrogen and oxygen atoms in total. The first-order valence-electron chi connectivity index (χ1n) is 5.08. The molecule has 90 valence electrons. The van der Waals surface area contributed by atoms with E-state index in [9.17, 15) is 4.39 Å². The number of halogens is 1. The Kier molecular flexibility index (Phi) is 3.53. The third-order valence-corrected chi connectivity index (χ3v) is 3.10. The molecule has 0 saturated heterocycles. The minimum absolute atomic E-state index is 0.268. The molecule has 0 radical (unpaired) electrons. The van der Waals surface area contributed by atoms with Gasteiger partial charge in [-0.25, -0.2) is 4.39 Å². The summed E-state index contributed by atoms with van der Waals surface area (Å²) in [6.07, 6.45) is 0. The van der Waals surface area contributed by atoms with Crippen molar-refractivity contribution in [1.82, 2.24) is 10.2 Å². The topological polar surface area (TPSA) is 47.0 Å². The van der Waals surface area contributed by atoms with Crippen LogP contribution in [0.15, 0.2) is 18.2 Å². The number of hydrogen-bond acceptors (Lipinski definition) is 5. The van der Waals surface area contributed by atoms with E-state index >= 15 is 0 Å². The number of benzene rings is 1. The summed E-state index contributed by atoms with van der Waals surface area (Å²) in [6, 6.07) is 4.79. The fourth-order valence-corrected chi connectivity index (χ4v) is 1.83. The Morgan fingerprint density at radius 1 is 1.41 bits per heavy atom. The molecule has 0 aliphatic carbocycles. The quantitative estimate of drug-likeness (QED) is 0.909. The van der Waals surface area contributed by atoms with Gasteiger partial charge >= 0.3 is 0 Å². The molecule has 0 fully saturated rings. The zero-order valence-electron chi connectivity index (χ0n) is 9.53. The first-order chi connectivity index (χ1) is 8.19. The van der Waals surface area contributed by atoms with Crippen LogP contribution in [-0.4, -0.2) is 17.2 Å². The molecule has 0 spiro atoms. The number of nitrogens with one attached hydrogen (secondary N) is 1. The lowest BCUT2D eigenvalue weighted by Gasteiger charge is -2.04. The Labute approximate surface area is 102 Å². The number of hydrogen-bond donors (Lipinski definition) is 1. The van der Waals surface area contributed by atoms with Crippen LogP contribution >= 0.6 is 11.3 Å². The lowest BCUT2D eigenvalue weighted by Crippen LogP contribution is -1.95. The molecule has 1 N–H and O–H groups in total. The lowest BCUT2D eigenvalue weighted by atomic mass is 10.2. The zero-order chi connectivity index (χ0) is 12.3. The fourth-order valence-electron chi connectivity index (χ4n) is 1.22. The molecular weight excluding hydrogens is 241 g/mol. The van der Waals surface area contributed by atoms with Crippen LogP contribution in [0.3, 0.4) is 0 Å². The molecule has 0 aliphatic heterocycles. The van der Waals surface area contributed by atoms with Crippen molar-refractivity contribution in [2.24, 2.45) is 0 Å². The van der Waals surface area contributed by atoms with Crippen molar-refractivity contribution in [3.05, 3.63) is 34.6 Å². The fraction of sp³-hybridized carbons (Fsp3) is 0.273. The van der Waals surface area contributed by atoms with Gasteiger partial charge in [-0.15, -0.1) is 10.2 Å². The number of rotatable bonds is 4. The molecule has 2 rings (SSSR count). The highest BCUT2D eigenvalue weighted by Crippen LogP contribution is 2.19. The summed E-state index contributed by atoms with van der Waals surface area (Å²) < 4.78 is 18.7. The van der Waals surface area contributed by atoms with Crippen molar-refractivity contribution in [2.75, 3.05) is 12.4 Å². The molecule has 0 saturated carbocycles. The van der Waals surface area contributed by atoms with E-state index in [0.717, 1.165) is 10.1 Å². The van der Waals surface area contributed by atoms with E-state index in [1.54, 1.807) is 26.1 Å². The van der Waals surface area contributed by atoms with E-state index in [0.29, 0.717) is 17.9 Å². The van der Waals surface area contributed by atoms with E-state index in [1.165, 1.54) is 17.4 Å². The van der Waals surface area contributed by atoms with E-state index in [4.69, 9.17) is 4.74 Å². The predicted molar refractivity (Wildman–Crippen MR) is 64.9 cm³/mol. The summed E-state index contributed by atoms with van der Waals surface area (Å²) in [6.45, 7) is 2.00. The van der Waals surface area contributed by atoms with Gasteiger partial charge in [0.25, 0.3) is 0 Å². The van der Waals surface area contributed by atoms with Crippen LogP contribution in [-0.2, 0) is 6.61 Å². The van der Waals surface area contributed by atoms with Gasteiger partial charge in [-0.1, -0.05) is 17.4 Å². The van der Waals surface area contributed by atoms with Crippen LogP contribution in [0.1, 0.15) is 10.6 Å². The maximum atomic E-state index is 13.2. The molecule has 2 aromatic rings. The van der Waals surface area contributed by atoms with E-state index < -0.39 is 0 Å². The first kappa shape index (κ1) is 11.8. The summed E-state index contributed by atoms with van der Waals surface area (Å²) in [7, 11) is 1.78. The van der Waals surface area contributed by atoms with Crippen LogP contribution in [0, 0.1) is 12.7 Å². The second-order valence-corrected chi connectivity index (χ2v) is 4.51. The van der Waals surface area contributed by atoms with Crippen molar-refractivity contribution >= 4 is 16.5 Å². The highest BCUT2D eigenvalue weighted by Gasteiger charge is 2.04. The van der Waals surface area contributed by atoms with Crippen molar-refractivity contribution in [3.8, 4) is 5.75 Å². The molecule has 0 bridgehead atoms. The number of nitrogens with zero attached hydrogens (tertiary/aromatic N) is 2. The Balaban J connectivity index is 1.99. The van der Waals surface area contributed by atoms with Crippen LogP contribution < -0.4 is 10.1 Å². The minimum atomic E-state index is -0.268. The lowest BCUT2D eigenvalue weighted by molar-refractivity contribution is 0.303. The van der Waals surface area contributed by atoms with Gasteiger partial charge in [0.1, 0.15) is 18.2 Å². The second-order valence-electron chi connectivity index (χ2n) is 3.45. The van der Waals surface area contributed by atoms with Gasteiger partial charge in [-0.05, 0) is 18.6 Å². The second kappa shape index (κ2) is 5.09. The SMILES string of the molecule is CNc1nnc(COc2ccc(C)c(F)c2)s1. The van der Waals surface area contributed by atoms with E-state index in [2.05, 4.69) is 15.5 Å². The normalized spacial score (nSPS) is 10.3. The van der Waals surface area contributed by atoms with Crippen LogP contribution in [0.5, 0.6) is 5.75 Å². The van der Waals surface area contributed by atoms with Gasteiger partial charge in [-0.3, -0.25) is 0 Å². The zero-order valence-corrected chi connectivity index (χ0v) is 10.3. The Hall–Kier alpha value is -1.69. The monoisotopic (exact) mass is 253 g/mol. The molecule has 0 amide bonds. The summed E-state index contributed by atoms with van der Waals surface area (Å²) in [4.78, 5) is 0. The maximum absolute atomic E-state index is 13.2. The largest absolute Gasteiger partial charge is 0.486 e. The molecule has 17 heavy (non-hydrogen) atoms. The van der Waals surface area contributed by atoms with Crippen molar-refractivity contribution < 1.29 is 9.13 Å². The summed E-state index contributed by atoms with van der Waals surface area (Å²) >= 11 is 1.41. The molecule has 0 unspecified atom stereocenters. The third-order valence-electron chi connectivity index (χ3n) is 2.19. The smallest absolute Gasteiger partial charge is 0.205 e. The van der Waals surface area contributed by atoms with Gasteiger partial charge in [0.05, 0.1) is 0 Å². The molecule has 1 aromatic heterocycles. The molecular formula is C11H12FN3OS. The molecule has 0 aliphatic rings. The number of aryl methyl sites for hydroxylation is 1. The molecule has 6 heteroatoms. The Morgan fingerprint density at radius 3 is 2.88 bits per heavy atom. The third kappa shape index (κ3) is 2.91. The van der Waals surface area contributed by atoms with Gasteiger partial charge in [0.15, 0.2) is 5.01 Å². The average molecular weight is 253 g/mol. The number of anilines is 1. The van der Waals surface area contributed by atoms with E-state index in [1.807, 2.05) is 0 Å². The van der Waals surface area contributed by atoms with Gasteiger partial charge in [0.2, 0.25) is 5.13 Å². The first-order valence-corrected chi connectivity index (χ1v) is 5.90. The highest BCUT2D eigenvalue weighted by molar-refractivity contribution is 7.15. The minimum Gasteiger partial charge on any atom is -0.486 e. The predicted octanol–water partition coefficient (Wildman–Crippen LogP) is 2.61. The Bertz CT molecular complexity index is 515. The van der Waals surface area contributed by atoms with Gasteiger partial charge in [0, 0.05) is 13.1 Å². The molecule has 0 atom stereocenters. The van der Waals surface area contributed by atoms with Crippen molar-refractivity contribution in [1.29, 1.82) is 0 Å². The van der Waals surface area contributed by atoms with Gasteiger partial charge < -0.3 is 10.1 Å². The van der Waals surface area contributed by atoms with Crippen LogP contribution in [0.25, 0.3) is 0 Å². The van der Waals surface area contributed by atoms with E-state index in [-0.39, 0.29) is 5.82 Å². The summed E-state index contributed by atoms with van der Waals surface area (Å²) in [5.74, 6) is 0.227.